The Balaban J connectivity index is 1.51. The SMILES string of the molecule is CC(=O)[C@@H](CCCCNC(=O)CCCCCOC1O[C@H](CO)CC(O)C(O)C1O)NC(=O)CCCCOC1OC(CO)C(O)C(O)C1O. The number of aliphatic hydroxyl groups excluding tert-OH is 8. The molecule has 0 saturated carbocycles. The zero-order chi connectivity index (χ0) is 35.6. The Labute approximate surface area is 280 Å². The van der Waals surface area contributed by atoms with Crippen molar-refractivity contribution in [3.63, 3.8) is 0 Å². The van der Waals surface area contributed by atoms with Crippen LogP contribution >= 0.6 is 0 Å². The average molecular weight is 697 g/mol. The van der Waals surface area contributed by atoms with Crippen molar-refractivity contribution < 1.29 is 74.2 Å². The van der Waals surface area contributed by atoms with E-state index < -0.39 is 74.1 Å². The molecular formula is C31H56N2O15. The molecule has 11 atom stereocenters. The van der Waals surface area contributed by atoms with Gasteiger partial charge in [-0.1, -0.05) is 6.42 Å². The monoisotopic (exact) mass is 696 g/mol. The Morgan fingerprint density at radius 2 is 1.31 bits per heavy atom. The molecule has 2 fully saturated rings. The second-order valence-corrected chi connectivity index (χ2v) is 12.4. The number of carbonyl (C=O) groups excluding carboxylic acids is 3. The van der Waals surface area contributed by atoms with Gasteiger partial charge in [-0.3, -0.25) is 14.4 Å². The molecule has 0 radical (unpaired) electrons. The first-order chi connectivity index (χ1) is 22.9. The van der Waals surface area contributed by atoms with E-state index in [2.05, 4.69) is 10.6 Å². The maximum Gasteiger partial charge on any atom is 0.220 e. The lowest BCUT2D eigenvalue weighted by Gasteiger charge is -2.39. The molecule has 0 aromatic rings. The number of amides is 2. The molecule has 17 heteroatoms. The van der Waals surface area contributed by atoms with Crippen LogP contribution in [-0.2, 0) is 33.3 Å². The molecule has 2 rings (SSSR count). The maximum atomic E-state index is 12.4. The van der Waals surface area contributed by atoms with Crippen LogP contribution in [0.1, 0.15) is 77.6 Å². The van der Waals surface area contributed by atoms with Gasteiger partial charge in [0.2, 0.25) is 11.8 Å². The molecule has 2 amide bonds. The molecule has 0 aliphatic carbocycles. The minimum atomic E-state index is -1.53. The van der Waals surface area contributed by atoms with Crippen LogP contribution in [0.4, 0.5) is 0 Å². The number of unbranched alkanes of at least 4 members (excludes halogenated alkanes) is 4. The van der Waals surface area contributed by atoms with Gasteiger partial charge in [0.1, 0.15) is 36.6 Å². The fourth-order valence-electron chi connectivity index (χ4n) is 5.37. The molecule has 0 bridgehead atoms. The van der Waals surface area contributed by atoms with Crippen LogP contribution in [0.25, 0.3) is 0 Å². The normalized spacial score (nSPS) is 31.5. The number of carbonyl (C=O) groups is 3. The molecule has 0 spiro atoms. The maximum absolute atomic E-state index is 12.4. The fourth-order valence-corrected chi connectivity index (χ4v) is 5.37. The summed E-state index contributed by atoms with van der Waals surface area (Å²) >= 11 is 0. The summed E-state index contributed by atoms with van der Waals surface area (Å²) in [5, 5.41) is 83.7. The highest BCUT2D eigenvalue weighted by molar-refractivity contribution is 5.87. The number of ketones is 1. The van der Waals surface area contributed by atoms with Gasteiger partial charge < -0.3 is 70.4 Å². The summed E-state index contributed by atoms with van der Waals surface area (Å²) in [4.78, 5) is 36.6. The molecule has 48 heavy (non-hydrogen) atoms. The van der Waals surface area contributed by atoms with E-state index in [0.29, 0.717) is 64.3 Å². The van der Waals surface area contributed by atoms with Crippen LogP contribution in [0.3, 0.4) is 0 Å². The van der Waals surface area contributed by atoms with Gasteiger partial charge in [-0.25, -0.2) is 0 Å². The van der Waals surface area contributed by atoms with E-state index in [4.69, 9.17) is 18.9 Å². The highest BCUT2D eigenvalue weighted by atomic mass is 16.7. The number of nitrogens with one attached hydrogen (secondary N) is 2. The minimum absolute atomic E-state index is 0.0303. The summed E-state index contributed by atoms with van der Waals surface area (Å²) < 4.78 is 21.6. The Morgan fingerprint density at radius 3 is 1.96 bits per heavy atom. The standard InChI is InChI=1S/C31H56N2O15/c1-18(36)20(33-24(39)11-5-8-14-46-31-29(44)27(42)26(41)22(17-35)48-31)9-4-6-12-32-23(38)10-3-2-7-13-45-30-28(43)25(40)21(37)15-19(16-34)47-30/h19-22,25-31,34-35,37,40-44H,2-17H2,1H3,(H,32,38)(H,33,39)/t19-,20+,21?,22?,25?,26?,27?,28?,29?,30?,31?/m0/s1. The van der Waals surface area contributed by atoms with E-state index in [1.807, 2.05) is 0 Å². The molecule has 2 aliphatic rings. The molecule has 280 valence electrons. The highest BCUT2D eigenvalue weighted by Crippen LogP contribution is 2.23. The zero-order valence-corrected chi connectivity index (χ0v) is 27.6. The Bertz CT molecular complexity index is 944. The summed E-state index contributed by atoms with van der Waals surface area (Å²) in [6.45, 7) is 1.16. The van der Waals surface area contributed by atoms with Crippen molar-refractivity contribution in [2.24, 2.45) is 0 Å². The van der Waals surface area contributed by atoms with Gasteiger partial charge in [0.25, 0.3) is 0 Å². The van der Waals surface area contributed by atoms with Crippen molar-refractivity contribution in [2.75, 3.05) is 33.0 Å². The highest BCUT2D eigenvalue weighted by Gasteiger charge is 2.44. The Morgan fingerprint density at radius 1 is 0.708 bits per heavy atom. The summed E-state index contributed by atoms with van der Waals surface area (Å²) in [5.74, 6) is -0.594. The predicted octanol–water partition coefficient (Wildman–Crippen LogP) is -2.90. The summed E-state index contributed by atoms with van der Waals surface area (Å²) in [6.07, 6.45) is -8.17. The van der Waals surface area contributed by atoms with Gasteiger partial charge in [-0.05, 0) is 51.9 Å². The third-order valence-corrected chi connectivity index (χ3v) is 8.38. The number of aliphatic hydroxyl groups is 8. The predicted molar refractivity (Wildman–Crippen MR) is 166 cm³/mol. The molecule has 2 heterocycles. The minimum Gasteiger partial charge on any atom is -0.394 e. The molecule has 10 N–H and O–H groups in total. The average Bonchev–Trinajstić information content (AvgIpc) is 3.16. The summed E-state index contributed by atoms with van der Waals surface area (Å²) in [7, 11) is 0. The Kier molecular flexibility index (Phi) is 20.1. The van der Waals surface area contributed by atoms with Crippen molar-refractivity contribution >= 4 is 17.6 Å². The van der Waals surface area contributed by atoms with Crippen molar-refractivity contribution in [1.82, 2.24) is 10.6 Å². The molecule has 0 aromatic heterocycles. The number of hydrogen-bond donors (Lipinski definition) is 10. The third kappa shape index (κ3) is 14.5. The second-order valence-electron chi connectivity index (χ2n) is 12.4. The molecular weight excluding hydrogens is 640 g/mol. The van der Waals surface area contributed by atoms with E-state index in [0.717, 1.165) is 0 Å². The van der Waals surface area contributed by atoms with Crippen molar-refractivity contribution in [3.8, 4) is 0 Å². The number of rotatable bonds is 22. The molecule has 2 saturated heterocycles. The molecule has 2 aliphatic heterocycles. The number of Topliss-reactive ketones (excluding diaryl/α,β-unsaturated/α-hetero) is 1. The van der Waals surface area contributed by atoms with Gasteiger partial charge in [-0.2, -0.15) is 0 Å². The third-order valence-electron chi connectivity index (χ3n) is 8.38. The summed E-state index contributed by atoms with van der Waals surface area (Å²) in [5.41, 5.74) is 0. The van der Waals surface area contributed by atoms with Crippen molar-refractivity contribution in [2.45, 2.75) is 145 Å². The van der Waals surface area contributed by atoms with Gasteiger partial charge in [-0.15, -0.1) is 0 Å². The van der Waals surface area contributed by atoms with E-state index in [-0.39, 0.29) is 50.3 Å². The van der Waals surface area contributed by atoms with Gasteiger partial charge >= 0.3 is 0 Å². The lowest BCUT2D eigenvalue weighted by Crippen LogP contribution is -2.59. The van der Waals surface area contributed by atoms with Gasteiger partial charge in [0.05, 0.1) is 31.5 Å². The van der Waals surface area contributed by atoms with Crippen LogP contribution in [0.5, 0.6) is 0 Å². The first-order valence-corrected chi connectivity index (χ1v) is 16.8. The smallest absolute Gasteiger partial charge is 0.220 e. The van der Waals surface area contributed by atoms with Crippen LogP contribution in [0.15, 0.2) is 0 Å². The lowest BCUT2D eigenvalue weighted by molar-refractivity contribution is -0.301. The van der Waals surface area contributed by atoms with E-state index in [1.54, 1.807) is 0 Å². The van der Waals surface area contributed by atoms with Crippen LogP contribution < -0.4 is 10.6 Å². The van der Waals surface area contributed by atoms with E-state index >= 15 is 0 Å². The van der Waals surface area contributed by atoms with Crippen molar-refractivity contribution in [1.29, 1.82) is 0 Å². The quantitative estimate of drug-likeness (QED) is 0.0509. The van der Waals surface area contributed by atoms with Crippen LogP contribution in [0, 0.1) is 0 Å². The zero-order valence-electron chi connectivity index (χ0n) is 27.6. The van der Waals surface area contributed by atoms with E-state index in [9.17, 15) is 55.2 Å². The number of ether oxygens (including phenoxy) is 4. The van der Waals surface area contributed by atoms with Crippen LogP contribution in [0.2, 0.25) is 0 Å². The van der Waals surface area contributed by atoms with Crippen molar-refractivity contribution in [3.05, 3.63) is 0 Å². The topological polar surface area (TPSA) is 274 Å². The first-order valence-electron chi connectivity index (χ1n) is 16.8. The molecule has 0 aromatic carbocycles. The Hall–Kier alpha value is -1.87. The molecule has 17 nitrogen and oxygen atoms in total. The first kappa shape index (κ1) is 42.3. The fraction of sp³-hybridized carbons (Fsp3) is 0.903. The second kappa shape index (κ2) is 22.8. The largest absolute Gasteiger partial charge is 0.394 e. The summed E-state index contributed by atoms with van der Waals surface area (Å²) in [6, 6.07) is -0.645. The van der Waals surface area contributed by atoms with E-state index in [1.165, 1.54) is 6.92 Å². The van der Waals surface area contributed by atoms with Gasteiger partial charge in [0.15, 0.2) is 18.4 Å². The van der Waals surface area contributed by atoms with Crippen LogP contribution in [-0.4, -0.2) is 159 Å². The molecule has 9 unspecified atom stereocenters. The van der Waals surface area contributed by atoms with Gasteiger partial charge in [0, 0.05) is 39.0 Å². The number of hydrogen-bond acceptors (Lipinski definition) is 15. The lowest BCUT2D eigenvalue weighted by atomic mass is 9.99.